The SMILES string of the molecule is N#CCNC(=O)C(=O)NC1COc2ccccc21. The average molecular weight is 245 g/mol. The maximum Gasteiger partial charge on any atom is 0.310 e. The van der Waals surface area contributed by atoms with Gasteiger partial charge in [-0.15, -0.1) is 0 Å². The highest BCUT2D eigenvalue weighted by Crippen LogP contribution is 2.31. The number of rotatable bonds is 2. The van der Waals surface area contributed by atoms with E-state index in [0.29, 0.717) is 12.4 Å². The quantitative estimate of drug-likeness (QED) is 0.561. The summed E-state index contributed by atoms with van der Waals surface area (Å²) in [6, 6.07) is 8.70. The van der Waals surface area contributed by atoms with E-state index in [1.807, 2.05) is 18.2 Å². The number of carbonyl (C=O) groups excluding carboxylic acids is 2. The fourth-order valence-electron chi connectivity index (χ4n) is 1.71. The summed E-state index contributed by atoms with van der Waals surface area (Å²) in [4.78, 5) is 22.8. The van der Waals surface area contributed by atoms with Crippen LogP contribution in [-0.2, 0) is 9.59 Å². The van der Waals surface area contributed by atoms with Crippen molar-refractivity contribution < 1.29 is 14.3 Å². The number of ether oxygens (including phenoxy) is 1. The molecule has 1 aliphatic heterocycles. The maximum atomic E-state index is 11.5. The molecule has 0 saturated heterocycles. The summed E-state index contributed by atoms with van der Waals surface area (Å²) < 4.78 is 5.37. The van der Waals surface area contributed by atoms with E-state index >= 15 is 0 Å². The number of nitriles is 1. The molecule has 0 fully saturated rings. The molecule has 6 heteroatoms. The molecular weight excluding hydrogens is 234 g/mol. The summed E-state index contributed by atoms with van der Waals surface area (Å²) in [6.45, 7) is 0.112. The lowest BCUT2D eigenvalue weighted by atomic mass is 10.1. The van der Waals surface area contributed by atoms with Gasteiger partial charge in [0, 0.05) is 5.56 Å². The Balaban J connectivity index is 1.98. The Labute approximate surface area is 104 Å². The van der Waals surface area contributed by atoms with Gasteiger partial charge in [0.15, 0.2) is 0 Å². The lowest BCUT2D eigenvalue weighted by molar-refractivity contribution is -0.139. The Hall–Kier alpha value is -2.55. The number of hydrogen-bond donors (Lipinski definition) is 2. The minimum Gasteiger partial charge on any atom is -0.491 e. The van der Waals surface area contributed by atoms with Crippen LogP contribution in [0.4, 0.5) is 0 Å². The van der Waals surface area contributed by atoms with E-state index in [4.69, 9.17) is 10.00 Å². The van der Waals surface area contributed by atoms with Crippen molar-refractivity contribution in [2.75, 3.05) is 13.2 Å². The molecule has 1 aliphatic rings. The smallest absolute Gasteiger partial charge is 0.310 e. The second-order valence-corrected chi connectivity index (χ2v) is 3.72. The molecule has 2 rings (SSSR count). The molecular formula is C12H11N3O3. The molecule has 1 aromatic rings. The van der Waals surface area contributed by atoms with Crippen LogP contribution in [0.15, 0.2) is 24.3 Å². The molecule has 18 heavy (non-hydrogen) atoms. The van der Waals surface area contributed by atoms with Crippen molar-refractivity contribution in [1.82, 2.24) is 10.6 Å². The highest BCUT2D eigenvalue weighted by atomic mass is 16.5. The van der Waals surface area contributed by atoms with E-state index in [1.54, 1.807) is 12.1 Å². The summed E-state index contributed by atoms with van der Waals surface area (Å²) in [5.74, 6) is -0.878. The highest BCUT2D eigenvalue weighted by Gasteiger charge is 2.27. The second-order valence-electron chi connectivity index (χ2n) is 3.72. The van der Waals surface area contributed by atoms with Gasteiger partial charge in [-0.2, -0.15) is 5.26 Å². The number of hydrogen-bond acceptors (Lipinski definition) is 4. The molecule has 1 atom stereocenters. The lowest BCUT2D eigenvalue weighted by Crippen LogP contribution is -2.42. The molecule has 1 unspecified atom stereocenters. The topological polar surface area (TPSA) is 91.2 Å². The van der Waals surface area contributed by atoms with Crippen molar-refractivity contribution in [2.45, 2.75) is 6.04 Å². The summed E-state index contributed by atoms with van der Waals surface area (Å²) in [5.41, 5.74) is 0.846. The van der Waals surface area contributed by atoms with Crippen molar-refractivity contribution in [3.8, 4) is 11.8 Å². The lowest BCUT2D eigenvalue weighted by Gasteiger charge is -2.10. The Morgan fingerprint density at radius 2 is 2.17 bits per heavy atom. The largest absolute Gasteiger partial charge is 0.491 e. The van der Waals surface area contributed by atoms with Crippen LogP contribution in [0.1, 0.15) is 11.6 Å². The monoisotopic (exact) mass is 245 g/mol. The van der Waals surface area contributed by atoms with Gasteiger partial charge in [-0.1, -0.05) is 18.2 Å². The first-order valence-corrected chi connectivity index (χ1v) is 5.39. The molecule has 2 amide bonds. The van der Waals surface area contributed by atoms with Crippen LogP contribution in [0.2, 0.25) is 0 Å². The molecule has 1 heterocycles. The van der Waals surface area contributed by atoms with Gasteiger partial charge in [0.1, 0.15) is 18.9 Å². The number of benzene rings is 1. The Morgan fingerprint density at radius 1 is 1.39 bits per heavy atom. The molecule has 0 aromatic heterocycles. The fourth-order valence-corrected chi connectivity index (χ4v) is 1.71. The maximum absolute atomic E-state index is 11.5. The minimum atomic E-state index is -0.819. The van der Waals surface area contributed by atoms with Gasteiger partial charge in [-0.3, -0.25) is 9.59 Å². The highest BCUT2D eigenvalue weighted by molar-refractivity contribution is 6.35. The van der Waals surface area contributed by atoms with Crippen LogP contribution in [0, 0.1) is 11.3 Å². The Bertz CT molecular complexity index is 522. The first-order valence-electron chi connectivity index (χ1n) is 5.39. The number of para-hydroxylation sites is 1. The van der Waals surface area contributed by atoms with E-state index in [0.717, 1.165) is 5.56 Å². The van der Waals surface area contributed by atoms with Gasteiger partial charge < -0.3 is 15.4 Å². The molecule has 92 valence electrons. The van der Waals surface area contributed by atoms with Crippen LogP contribution in [0.5, 0.6) is 5.75 Å². The van der Waals surface area contributed by atoms with Crippen molar-refractivity contribution >= 4 is 11.8 Å². The van der Waals surface area contributed by atoms with Crippen molar-refractivity contribution in [3.05, 3.63) is 29.8 Å². The number of nitrogens with one attached hydrogen (secondary N) is 2. The molecule has 2 N–H and O–H groups in total. The van der Waals surface area contributed by atoms with Gasteiger partial charge in [0.2, 0.25) is 0 Å². The predicted molar refractivity (Wildman–Crippen MR) is 61.4 cm³/mol. The van der Waals surface area contributed by atoms with Crippen LogP contribution < -0.4 is 15.4 Å². The number of fused-ring (bicyclic) bond motifs is 1. The molecule has 0 aliphatic carbocycles. The Kier molecular flexibility index (Phi) is 3.44. The van der Waals surface area contributed by atoms with E-state index < -0.39 is 11.8 Å². The van der Waals surface area contributed by atoms with Crippen molar-refractivity contribution in [1.29, 1.82) is 5.26 Å². The summed E-state index contributed by atoms with van der Waals surface area (Å²) >= 11 is 0. The molecule has 0 saturated carbocycles. The van der Waals surface area contributed by atoms with E-state index in [1.165, 1.54) is 0 Å². The Morgan fingerprint density at radius 3 is 2.94 bits per heavy atom. The molecule has 1 aromatic carbocycles. The molecule has 0 spiro atoms. The predicted octanol–water partition coefficient (Wildman–Crippen LogP) is -0.124. The van der Waals surface area contributed by atoms with E-state index in [-0.39, 0.29) is 12.6 Å². The van der Waals surface area contributed by atoms with E-state index in [2.05, 4.69) is 10.6 Å². The van der Waals surface area contributed by atoms with Crippen LogP contribution in [-0.4, -0.2) is 25.0 Å². The summed E-state index contributed by atoms with van der Waals surface area (Å²) in [5, 5.41) is 13.0. The first-order chi connectivity index (χ1) is 8.72. The second kappa shape index (κ2) is 5.19. The first kappa shape index (κ1) is 11.9. The average Bonchev–Trinajstić information content (AvgIpc) is 2.79. The molecule has 0 bridgehead atoms. The van der Waals surface area contributed by atoms with Crippen molar-refractivity contribution in [2.24, 2.45) is 0 Å². The van der Waals surface area contributed by atoms with Gasteiger partial charge in [-0.05, 0) is 6.07 Å². The fraction of sp³-hybridized carbons (Fsp3) is 0.250. The van der Waals surface area contributed by atoms with E-state index in [9.17, 15) is 9.59 Å². The number of nitrogens with zero attached hydrogens (tertiary/aromatic N) is 1. The third-order valence-electron chi connectivity index (χ3n) is 2.54. The molecule has 0 radical (unpaired) electrons. The zero-order valence-electron chi connectivity index (χ0n) is 9.47. The minimum absolute atomic E-state index is 0.190. The van der Waals surface area contributed by atoms with Crippen LogP contribution in [0.25, 0.3) is 0 Å². The summed E-state index contributed by atoms with van der Waals surface area (Å²) in [7, 11) is 0. The third-order valence-corrected chi connectivity index (χ3v) is 2.54. The van der Waals surface area contributed by atoms with Gasteiger partial charge in [0.05, 0.1) is 12.1 Å². The van der Waals surface area contributed by atoms with Crippen LogP contribution in [0.3, 0.4) is 0 Å². The van der Waals surface area contributed by atoms with Gasteiger partial charge >= 0.3 is 11.8 Å². The summed E-state index contributed by atoms with van der Waals surface area (Å²) in [6.07, 6.45) is 0. The standard InChI is InChI=1S/C12H11N3O3/c13-5-6-14-11(16)12(17)15-9-7-18-10-4-2-1-3-8(9)10/h1-4,9H,6-7H2,(H,14,16)(H,15,17). The van der Waals surface area contributed by atoms with Crippen LogP contribution >= 0.6 is 0 Å². The van der Waals surface area contributed by atoms with Gasteiger partial charge in [0.25, 0.3) is 0 Å². The normalized spacial score (nSPS) is 16.1. The zero-order valence-corrected chi connectivity index (χ0v) is 9.47. The molecule has 6 nitrogen and oxygen atoms in total. The zero-order chi connectivity index (χ0) is 13.0. The van der Waals surface area contributed by atoms with Crippen molar-refractivity contribution in [3.63, 3.8) is 0 Å². The number of amides is 2. The number of carbonyl (C=O) groups is 2. The third kappa shape index (κ3) is 2.40. The van der Waals surface area contributed by atoms with Gasteiger partial charge in [-0.25, -0.2) is 0 Å².